The summed E-state index contributed by atoms with van der Waals surface area (Å²) < 4.78 is 6.28. The molecule has 2 nitrogen and oxygen atoms in total. The second kappa shape index (κ2) is 7.10. The Bertz CT molecular complexity index is 261. The smallest absolute Gasteiger partial charge is 0.306 e. The lowest BCUT2D eigenvalue weighted by atomic mass is 9.98. The highest BCUT2D eigenvalue weighted by Gasteiger charge is 2.25. The largest absolute Gasteiger partial charge is 0.457 e. The van der Waals surface area contributed by atoms with Crippen LogP contribution in [0.5, 0.6) is 0 Å². The predicted molar refractivity (Wildman–Crippen MR) is 69.4 cm³/mol. The first-order valence-corrected chi connectivity index (χ1v) is 7.03. The van der Waals surface area contributed by atoms with Gasteiger partial charge in [-0.1, -0.05) is 48.7 Å². The third kappa shape index (κ3) is 4.28. The van der Waals surface area contributed by atoms with Gasteiger partial charge in [0.25, 0.3) is 0 Å². The van der Waals surface area contributed by atoms with E-state index in [-0.39, 0.29) is 12.1 Å². The molecule has 0 aromatic carbocycles. The van der Waals surface area contributed by atoms with E-state index in [4.69, 9.17) is 4.74 Å². The topological polar surface area (TPSA) is 26.3 Å². The molecule has 0 N–H and O–H groups in total. The average molecular weight is 289 g/mol. The van der Waals surface area contributed by atoms with E-state index in [2.05, 4.69) is 35.9 Å². The summed E-state index contributed by atoms with van der Waals surface area (Å²) in [6.45, 7) is 4.42. The number of rotatable bonds is 6. The Morgan fingerprint density at radius 2 is 2.38 bits per heavy atom. The number of ether oxygens (including phenoxy) is 1. The molecule has 1 heterocycles. The molecule has 1 aliphatic heterocycles. The Kier molecular flexibility index (Phi) is 6.10. The number of hydrogen-bond acceptors (Lipinski definition) is 2. The van der Waals surface area contributed by atoms with Gasteiger partial charge in [0, 0.05) is 10.9 Å². The molecule has 0 bridgehead atoms. The Labute approximate surface area is 107 Å². The molecule has 0 saturated carbocycles. The molecule has 2 atom stereocenters. The number of esters is 1. The molecular weight excluding hydrogens is 268 g/mol. The van der Waals surface area contributed by atoms with Crippen molar-refractivity contribution in [1.82, 2.24) is 0 Å². The SMILES string of the molecule is CCCCC(/C=C(/Br)C1CCC(=O)O1)CC. The van der Waals surface area contributed by atoms with E-state index in [1.165, 1.54) is 19.3 Å². The van der Waals surface area contributed by atoms with Gasteiger partial charge in [0.05, 0.1) is 0 Å². The maximum Gasteiger partial charge on any atom is 0.306 e. The third-order valence-electron chi connectivity index (χ3n) is 3.04. The van der Waals surface area contributed by atoms with Gasteiger partial charge in [0.2, 0.25) is 0 Å². The minimum absolute atomic E-state index is 0.0248. The zero-order valence-electron chi connectivity index (χ0n) is 10.2. The zero-order chi connectivity index (χ0) is 12.0. The van der Waals surface area contributed by atoms with Gasteiger partial charge in [0.15, 0.2) is 0 Å². The fourth-order valence-electron chi connectivity index (χ4n) is 1.92. The number of unbranched alkanes of at least 4 members (excludes halogenated alkanes) is 1. The number of cyclic esters (lactones) is 1. The molecule has 0 aromatic heterocycles. The van der Waals surface area contributed by atoms with Crippen LogP contribution in [-0.2, 0) is 9.53 Å². The fraction of sp³-hybridized carbons (Fsp3) is 0.769. The lowest BCUT2D eigenvalue weighted by Gasteiger charge is -2.13. The number of allylic oxidation sites excluding steroid dienone is 1. The Morgan fingerprint density at radius 3 is 2.88 bits per heavy atom. The molecule has 2 unspecified atom stereocenters. The Morgan fingerprint density at radius 1 is 1.62 bits per heavy atom. The van der Waals surface area contributed by atoms with Crippen LogP contribution in [0.25, 0.3) is 0 Å². The summed E-state index contributed by atoms with van der Waals surface area (Å²) in [6, 6.07) is 0. The summed E-state index contributed by atoms with van der Waals surface area (Å²) in [4.78, 5) is 11.0. The average Bonchev–Trinajstić information content (AvgIpc) is 2.70. The van der Waals surface area contributed by atoms with Crippen molar-refractivity contribution in [3.63, 3.8) is 0 Å². The van der Waals surface area contributed by atoms with Crippen LogP contribution < -0.4 is 0 Å². The summed E-state index contributed by atoms with van der Waals surface area (Å²) in [6.07, 6.45) is 8.46. The van der Waals surface area contributed by atoms with Crippen molar-refractivity contribution in [1.29, 1.82) is 0 Å². The van der Waals surface area contributed by atoms with Crippen LogP contribution in [-0.4, -0.2) is 12.1 Å². The van der Waals surface area contributed by atoms with E-state index in [0.29, 0.717) is 12.3 Å². The van der Waals surface area contributed by atoms with Gasteiger partial charge in [-0.15, -0.1) is 0 Å². The molecule has 1 fully saturated rings. The van der Waals surface area contributed by atoms with Crippen LogP contribution in [0.1, 0.15) is 52.4 Å². The highest BCUT2D eigenvalue weighted by Crippen LogP contribution is 2.28. The van der Waals surface area contributed by atoms with Crippen LogP contribution in [0.4, 0.5) is 0 Å². The van der Waals surface area contributed by atoms with E-state index in [9.17, 15) is 4.79 Å². The normalized spacial score (nSPS) is 23.3. The summed E-state index contributed by atoms with van der Waals surface area (Å²) >= 11 is 3.55. The molecular formula is C13H21BrO2. The maximum atomic E-state index is 11.0. The Balaban J connectivity index is 2.48. The van der Waals surface area contributed by atoms with Crippen molar-refractivity contribution in [3.05, 3.63) is 10.6 Å². The van der Waals surface area contributed by atoms with E-state index in [1.807, 2.05) is 0 Å². The van der Waals surface area contributed by atoms with Gasteiger partial charge in [-0.25, -0.2) is 0 Å². The molecule has 1 rings (SSSR count). The molecule has 0 radical (unpaired) electrons. The van der Waals surface area contributed by atoms with Gasteiger partial charge < -0.3 is 4.74 Å². The summed E-state index contributed by atoms with van der Waals surface area (Å²) in [5.74, 6) is 0.533. The van der Waals surface area contributed by atoms with Crippen molar-refractivity contribution in [3.8, 4) is 0 Å². The molecule has 0 amide bonds. The van der Waals surface area contributed by atoms with Crippen molar-refractivity contribution in [2.75, 3.05) is 0 Å². The minimum Gasteiger partial charge on any atom is -0.457 e. The summed E-state index contributed by atoms with van der Waals surface area (Å²) in [5.41, 5.74) is 0. The summed E-state index contributed by atoms with van der Waals surface area (Å²) in [7, 11) is 0. The third-order valence-corrected chi connectivity index (χ3v) is 3.81. The highest BCUT2D eigenvalue weighted by molar-refractivity contribution is 9.11. The quantitative estimate of drug-likeness (QED) is 0.685. The fourth-order valence-corrected chi connectivity index (χ4v) is 2.62. The molecule has 16 heavy (non-hydrogen) atoms. The van der Waals surface area contributed by atoms with Gasteiger partial charge in [0.1, 0.15) is 6.10 Å². The maximum absolute atomic E-state index is 11.0. The number of halogens is 1. The van der Waals surface area contributed by atoms with Crippen LogP contribution in [0.2, 0.25) is 0 Å². The molecule has 1 aliphatic rings. The van der Waals surface area contributed by atoms with E-state index in [1.54, 1.807) is 0 Å². The predicted octanol–water partition coefficient (Wildman–Crippen LogP) is 4.19. The van der Waals surface area contributed by atoms with Crippen LogP contribution in [0.3, 0.4) is 0 Å². The van der Waals surface area contributed by atoms with Gasteiger partial charge in [-0.05, 0) is 25.2 Å². The molecule has 0 aliphatic carbocycles. The van der Waals surface area contributed by atoms with Gasteiger partial charge in [-0.2, -0.15) is 0 Å². The van der Waals surface area contributed by atoms with Crippen LogP contribution >= 0.6 is 15.9 Å². The highest BCUT2D eigenvalue weighted by atomic mass is 79.9. The number of carbonyl (C=O) groups is 1. The first-order chi connectivity index (χ1) is 7.67. The number of carbonyl (C=O) groups excluding carboxylic acids is 1. The number of hydrogen-bond donors (Lipinski definition) is 0. The summed E-state index contributed by atoms with van der Waals surface area (Å²) in [5, 5.41) is 0. The minimum atomic E-state index is -0.0723. The monoisotopic (exact) mass is 288 g/mol. The van der Waals surface area contributed by atoms with Crippen molar-refractivity contribution >= 4 is 21.9 Å². The lowest BCUT2D eigenvalue weighted by molar-refractivity contribution is -0.140. The van der Waals surface area contributed by atoms with Crippen molar-refractivity contribution < 1.29 is 9.53 Å². The lowest BCUT2D eigenvalue weighted by Crippen LogP contribution is -2.08. The molecule has 1 saturated heterocycles. The zero-order valence-corrected chi connectivity index (χ0v) is 11.8. The van der Waals surface area contributed by atoms with Gasteiger partial charge >= 0.3 is 5.97 Å². The first-order valence-electron chi connectivity index (χ1n) is 6.24. The molecule has 92 valence electrons. The van der Waals surface area contributed by atoms with E-state index < -0.39 is 0 Å². The van der Waals surface area contributed by atoms with Crippen LogP contribution in [0, 0.1) is 5.92 Å². The molecule has 0 aromatic rings. The second-order valence-corrected chi connectivity index (χ2v) is 5.29. The van der Waals surface area contributed by atoms with Crippen molar-refractivity contribution in [2.24, 2.45) is 5.92 Å². The van der Waals surface area contributed by atoms with Crippen LogP contribution in [0.15, 0.2) is 10.6 Å². The van der Waals surface area contributed by atoms with Gasteiger partial charge in [-0.3, -0.25) is 4.79 Å². The molecule has 0 spiro atoms. The van der Waals surface area contributed by atoms with E-state index >= 15 is 0 Å². The standard InChI is InChI=1S/C13H21BrO2/c1-3-5-6-10(4-2)9-11(14)12-7-8-13(15)16-12/h9-10,12H,3-8H2,1-2H3/b11-9+. The second-order valence-electron chi connectivity index (χ2n) is 4.38. The van der Waals surface area contributed by atoms with E-state index in [0.717, 1.165) is 17.3 Å². The van der Waals surface area contributed by atoms with Crippen molar-refractivity contribution in [2.45, 2.75) is 58.5 Å². The first kappa shape index (κ1) is 13.8. The Hall–Kier alpha value is -0.310. The molecule has 3 heteroatoms.